The van der Waals surface area contributed by atoms with Gasteiger partial charge in [-0.2, -0.15) is 0 Å². The van der Waals surface area contributed by atoms with Crippen LogP contribution in [0, 0.1) is 11.7 Å². The van der Waals surface area contributed by atoms with Crippen LogP contribution >= 0.6 is 0 Å². The van der Waals surface area contributed by atoms with Crippen LogP contribution in [0.4, 0.5) is 4.39 Å². The van der Waals surface area contributed by atoms with E-state index in [1.54, 1.807) is 18.2 Å². The van der Waals surface area contributed by atoms with Crippen molar-refractivity contribution < 1.29 is 19.0 Å². The summed E-state index contributed by atoms with van der Waals surface area (Å²) in [6.07, 6.45) is 1.95. The van der Waals surface area contributed by atoms with Crippen molar-refractivity contribution in [2.75, 3.05) is 26.2 Å². The monoisotopic (exact) mass is 267 g/mol. The Hall–Kier alpha value is -1.62. The Morgan fingerprint density at radius 2 is 2.26 bits per heavy atom. The fourth-order valence-corrected chi connectivity index (χ4v) is 2.39. The highest BCUT2D eigenvalue weighted by molar-refractivity contribution is 5.69. The summed E-state index contributed by atoms with van der Waals surface area (Å²) in [4.78, 5) is 12.6. The highest BCUT2D eigenvalue weighted by Crippen LogP contribution is 2.20. The first kappa shape index (κ1) is 13.8. The van der Waals surface area contributed by atoms with Gasteiger partial charge in [0.1, 0.15) is 0 Å². The zero-order valence-corrected chi connectivity index (χ0v) is 10.7. The smallest absolute Gasteiger partial charge is 0.317 e. The first-order valence-electron chi connectivity index (χ1n) is 6.46. The molecule has 104 valence electrons. The molecule has 5 heteroatoms. The van der Waals surface area contributed by atoms with Crippen molar-refractivity contribution in [3.8, 4) is 5.75 Å². The second kappa shape index (κ2) is 6.52. The molecule has 0 spiro atoms. The zero-order valence-electron chi connectivity index (χ0n) is 10.7. The molecule has 1 N–H and O–H groups in total. The van der Waals surface area contributed by atoms with Gasteiger partial charge in [-0.3, -0.25) is 9.69 Å². The molecule has 0 radical (unpaired) electrons. The summed E-state index contributed by atoms with van der Waals surface area (Å²) in [5.41, 5.74) is 0. The second-order valence-corrected chi connectivity index (χ2v) is 4.88. The SMILES string of the molecule is O=C(O)CN1CCC[C@@H](COc2ccccc2F)C1. The van der Waals surface area contributed by atoms with E-state index in [1.165, 1.54) is 6.07 Å². The number of rotatable bonds is 5. The molecule has 2 rings (SSSR count). The van der Waals surface area contributed by atoms with Crippen LogP contribution in [0.25, 0.3) is 0 Å². The van der Waals surface area contributed by atoms with E-state index in [0.717, 1.165) is 19.4 Å². The van der Waals surface area contributed by atoms with E-state index in [4.69, 9.17) is 9.84 Å². The third kappa shape index (κ3) is 4.21. The number of aliphatic carboxylic acids is 1. The van der Waals surface area contributed by atoms with Crippen molar-refractivity contribution in [1.82, 2.24) is 4.90 Å². The van der Waals surface area contributed by atoms with E-state index in [2.05, 4.69) is 0 Å². The number of hydrogen-bond donors (Lipinski definition) is 1. The van der Waals surface area contributed by atoms with Crippen LogP contribution in [-0.2, 0) is 4.79 Å². The predicted octanol–water partition coefficient (Wildman–Crippen LogP) is 2.00. The second-order valence-electron chi connectivity index (χ2n) is 4.88. The number of benzene rings is 1. The summed E-state index contributed by atoms with van der Waals surface area (Å²) in [7, 11) is 0. The number of piperidine rings is 1. The maximum absolute atomic E-state index is 13.4. The van der Waals surface area contributed by atoms with Crippen LogP contribution in [-0.4, -0.2) is 42.2 Å². The number of ether oxygens (including phenoxy) is 1. The molecular weight excluding hydrogens is 249 g/mol. The topological polar surface area (TPSA) is 49.8 Å². The largest absolute Gasteiger partial charge is 0.490 e. The van der Waals surface area contributed by atoms with Crippen LogP contribution in [0.1, 0.15) is 12.8 Å². The lowest BCUT2D eigenvalue weighted by Crippen LogP contribution is -2.40. The molecular formula is C14H18FNO3. The third-order valence-corrected chi connectivity index (χ3v) is 3.27. The van der Waals surface area contributed by atoms with Crippen molar-refractivity contribution >= 4 is 5.97 Å². The normalized spacial score (nSPS) is 20.2. The van der Waals surface area contributed by atoms with Crippen LogP contribution in [0.5, 0.6) is 5.75 Å². The highest BCUT2D eigenvalue weighted by atomic mass is 19.1. The molecule has 0 amide bonds. The van der Waals surface area contributed by atoms with E-state index < -0.39 is 5.97 Å². The van der Waals surface area contributed by atoms with Crippen molar-refractivity contribution in [3.05, 3.63) is 30.1 Å². The van der Waals surface area contributed by atoms with Gasteiger partial charge in [-0.25, -0.2) is 4.39 Å². The molecule has 0 unspecified atom stereocenters. The van der Waals surface area contributed by atoms with Crippen molar-refractivity contribution in [2.45, 2.75) is 12.8 Å². The number of hydrogen-bond acceptors (Lipinski definition) is 3. The van der Waals surface area contributed by atoms with Crippen molar-refractivity contribution in [1.29, 1.82) is 0 Å². The van der Waals surface area contributed by atoms with Gasteiger partial charge in [0, 0.05) is 12.5 Å². The summed E-state index contributed by atoms with van der Waals surface area (Å²) in [6.45, 7) is 2.00. The predicted molar refractivity (Wildman–Crippen MR) is 68.7 cm³/mol. The highest BCUT2D eigenvalue weighted by Gasteiger charge is 2.22. The average Bonchev–Trinajstić information content (AvgIpc) is 2.37. The minimum absolute atomic E-state index is 0.0657. The Kier molecular flexibility index (Phi) is 4.74. The van der Waals surface area contributed by atoms with Gasteiger partial charge in [-0.1, -0.05) is 12.1 Å². The third-order valence-electron chi connectivity index (χ3n) is 3.27. The molecule has 1 aromatic carbocycles. The number of carbonyl (C=O) groups is 1. The molecule has 0 aromatic heterocycles. The summed E-state index contributed by atoms with van der Waals surface area (Å²) in [6, 6.07) is 6.33. The summed E-state index contributed by atoms with van der Waals surface area (Å²) >= 11 is 0. The van der Waals surface area contributed by atoms with Crippen LogP contribution in [0.2, 0.25) is 0 Å². The number of likely N-dealkylation sites (tertiary alicyclic amines) is 1. The Morgan fingerprint density at radius 3 is 3.00 bits per heavy atom. The van der Waals surface area contributed by atoms with Crippen LogP contribution < -0.4 is 4.74 Å². The number of halogens is 1. The zero-order chi connectivity index (χ0) is 13.7. The van der Waals surface area contributed by atoms with E-state index in [0.29, 0.717) is 13.2 Å². The fourth-order valence-electron chi connectivity index (χ4n) is 2.39. The van der Waals surface area contributed by atoms with E-state index >= 15 is 0 Å². The molecule has 0 bridgehead atoms. The molecule has 1 atom stereocenters. The maximum atomic E-state index is 13.4. The Bertz CT molecular complexity index is 438. The van der Waals surface area contributed by atoms with Gasteiger partial charge in [0.05, 0.1) is 13.2 Å². The quantitative estimate of drug-likeness (QED) is 0.886. The van der Waals surface area contributed by atoms with Gasteiger partial charge < -0.3 is 9.84 Å². The van der Waals surface area contributed by atoms with Crippen LogP contribution in [0.15, 0.2) is 24.3 Å². The first-order valence-corrected chi connectivity index (χ1v) is 6.46. The number of para-hydroxylation sites is 1. The van der Waals surface area contributed by atoms with Gasteiger partial charge in [0.15, 0.2) is 11.6 Å². The van der Waals surface area contributed by atoms with Crippen molar-refractivity contribution in [2.24, 2.45) is 5.92 Å². The molecule has 19 heavy (non-hydrogen) atoms. The van der Waals surface area contributed by atoms with E-state index in [1.807, 2.05) is 4.90 Å². The van der Waals surface area contributed by atoms with Gasteiger partial charge in [-0.15, -0.1) is 0 Å². The van der Waals surface area contributed by atoms with E-state index in [9.17, 15) is 9.18 Å². The summed E-state index contributed by atoms with van der Waals surface area (Å²) in [5.74, 6) is -0.651. The Morgan fingerprint density at radius 1 is 1.47 bits per heavy atom. The number of carboxylic acids is 1. The lowest BCUT2D eigenvalue weighted by Gasteiger charge is -2.31. The molecule has 1 fully saturated rings. The standard InChI is InChI=1S/C14H18FNO3/c15-12-5-1-2-6-13(12)19-10-11-4-3-7-16(8-11)9-14(17)18/h1-2,5-6,11H,3-4,7-10H2,(H,17,18)/t11-/m1/s1. The average molecular weight is 267 g/mol. The van der Waals surface area contributed by atoms with Crippen LogP contribution in [0.3, 0.4) is 0 Å². The van der Waals surface area contributed by atoms with Crippen molar-refractivity contribution in [3.63, 3.8) is 0 Å². The molecule has 1 saturated heterocycles. The summed E-state index contributed by atoms with van der Waals surface area (Å²) < 4.78 is 18.9. The Balaban J connectivity index is 1.82. The molecule has 1 heterocycles. The van der Waals surface area contributed by atoms with Gasteiger partial charge in [0.25, 0.3) is 0 Å². The molecule has 1 aromatic rings. The van der Waals surface area contributed by atoms with Gasteiger partial charge >= 0.3 is 5.97 Å². The first-order chi connectivity index (χ1) is 9.15. The molecule has 0 saturated carbocycles. The van der Waals surface area contributed by atoms with E-state index in [-0.39, 0.29) is 24.0 Å². The fraction of sp³-hybridized carbons (Fsp3) is 0.500. The van der Waals surface area contributed by atoms with Gasteiger partial charge in [0.2, 0.25) is 0 Å². The molecule has 0 aliphatic carbocycles. The summed E-state index contributed by atoms with van der Waals surface area (Å²) in [5, 5.41) is 8.77. The lowest BCUT2D eigenvalue weighted by molar-refractivity contribution is -0.138. The minimum Gasteiger partial charge on any atom is -0.490 e. The maximum Gasteiger partial charge on any atom is 0.317 e. The molecule has 4 nitrogen and oxygen atoms in total. The minimum atomic E-state index is -0.810. The Labute approximate surface area is 111 Å². The number of carboxylic acid groups (broad SMARTS) is 1. The molecule has 1 aliphatic rings. The lowest BCUT2D eigenvalue weighted by atomic mass is 9.99. The molecule has 1 aliphatic heterocycles. The van der Waals surface area contributed by atoms with Gasteiger partial charge in [-0.05, 0) is 31.5 Å². The number of nitrogens with zero attached hydrogens (tertiary/aromatic N) is 1.